The van der Waals surface area contributed by atoms with Crippen molar-refractivity contribution in [2.75, 3.05) is 11.4 Å². The van der Waals surface area contributed by atoms with Gasteiger partial charge >= 0.3 is 10.1 Å². The van der Waals surface area contributed by atoms with Crippen LogP contribution in [0.25, 0.3) is 0 Å². The molecule has 0 bridgehead atoms. The average Bonchev–Trinajstić information content (AvgIpc) is 2.96. The van der Waals surface area contributed by atoms with Crippen LogP contribution in [0.4, 0.5) is 5.69 Å². The number of carbonyl (C=O) groups is 1. The van der Waals surface area contributed by atoms with Crippen LogP contribution in [0.3, 0.4) is 0 Å². The van der Waals surface area contributed by atoms with Crippen LogP contribution in [-0.4, -0.2) is 20.9 Å². The lowest BCUT2D eigenvalue weighted by atomic mass is 10.2. The van der Waals surface area contributed by atoms with E-state index >= 15 is 0 Å². The molecular formula is C17H16BrNO4S. The summed E-state index contributed by atoms with van der Waals surface area (Å²) in [7, 11) is -3.90. The standard InChI is InChI=1S/C17H16BrNO4S/c1-12-11-15(8-9-16(12)18)24(21,22)23-14-6-4-13(5-7-14)19-10-2-3-17(19)20/h4-9,11H,2-3,10H2,1H3. The molecule has 5 nitrogen and oxygen atoms in total. The molecule has 1 heterocycles. The monoisotopic (exact) mass is 409 g/mol. The maximum atomic E-state index is 12.4. The van der Waals surface area contributed by atoms with Gasteiger partial charge in [-0.05, 0) is 61.4 Å². The van der Waals surface area contributed by atoms with Crippen molar-refractivity contribution >= 4 is 37.6 Å². The molecule has 1 amide bonds. The van der Waals surface area contributed by atoms with E-state index in [2.05, 4.69) is 15.9 Å². The normalized spacial score (nSPS) is 14.9. The first-order valence-electron chi connectivity index (χ1n) is 7.48. The topological polar surface area (TPSA) is 63.7 Å². The van der Waals surface area contributed by atoms with Gasteiger partial charge in [0, 0.05) is 23.1 Å². The summed E-state index contributed by atoms with van der Waals surface area (Å²) < 4.78 is 30.7. The molecule has 0 unspecified atom stereocenters. The molecule has 1 aliphatic heterocycles. The van der Waals surface area contributed by atoms with Gasteiger partial charge in [0.05, 0.1) is 0 Å². The van der Waals surface area contributed by atoms with Gasteiger partial charge in [0.2, 0.25) is 5.91 Å². The quantitative estimate of drug-likeness (QED) is 0.722. The van der Waals surface area contributed by atoms with E-state index in [0.29, 0.717) is 13.0 Å². The van der Waals surface area contributed by atoms with Gasteiger partial charge in [-0.25, -0.2) is 0 Å². The molecule has 0 N–H and O–H groups in total. The molecule has 0 saturated carbocycles. The van der Waals surface area contributed by atoms with E-state index in [4.69, 9.17) is 4.18 Å². The largest absolute Gasteiger partial charge is 0.379 e. The van der Waals surface area contributed by atoms with E-state index in [9.17, 15) is 13.2 Å². The fraction of sp³-hybridized carbons (Fsp3) is 0.235. The second kappa shape index (κ2) is 6.57. The number of amides is 1. The SMILES string of the molecule is Cc1cc(S(=O)(=O)Oc2ccc(N3CCCC3=O)cc2)ccc1Br. The summed E-state index contributed by atoms with van der Waals surface area (Å²) in [5, 5.41) is 0. The first kappa shape index (κ1) is 17.0. The fourth-order valence-electron chi connectivity index (χ4n) is 2.55. The number of hydrogen-bond donors (Lipinski definition) is 0. The van der Waals surface area contributed by atoms with Crippen LogP contribution < -0.4 is 9.08 Å². The molecule has 126 valence electrons. The van der Waals surface area contributed by atoms with Crippen LogP contribution >= 0.6 is 15.9 Å². The van der Waals surface area contributed by atoms with Crippen LogP contribution in [-0.2, 0) is 14.9 Å². The number of nitrogens with zero attached hydrogens (tertiary/aromatic N) is 1. The van der Waals surface area contributed by atoms with E-state index in [1.54, 1.807) is 41.3 Å². The minimum Gasteiger partial charge on any atom is -0.379 e. The van der Waals surface area contributed by atoms with E-state index in [1.165, 1.54) is 6.07 Å². The van der Waals surface area contributed by atoms with Crippen LogP contribution in [0.15, 0.2) is 51.8 Å². The maximum absolute atomic E-state index is 12.4. The minimum atomic E-state index is -3.90. The smallest absolute Gasteiger partial charge is 0.339 e. The summed E-state index contributed by atoms with van der Waals surface area (Å²) in [6, 6.07) is 11.2. The van der Waals surface area contributed by atoms with E-state index in [0.717, 1.165) is 22.1 Å². The van der Waals surface area contributed by atoms with Crippen LogP contribution in [0, 0.1) is 6.92 Å². The van der Waals surface area contributed by atoms with E-state index in [1.807, 2.05) is 6.92 Å². The lowest BCUT2D eigenvalue weighted by molar-refractivity contribution is -0.117. The van der Waals surface area contributed by atoms with Gasteiger partial charge in [-0.2, -0.15) is 8.42 Å². The van der Waals surface area contributed by atoms with Crippen LogP contribution in [0.5, 0.6) is 5.75 Å². The fourth-order valence-corrected chi connectivity index (χ4v) is 3.81. The van der Waals surface area contributed by atoms with Crippen molar-refractivity contribution < 1.29 is 17.4 Å². The van der Waals surface area contributed by atoms with Crippen molar-refractivity contribution in [3.8, 4) is 5.75 Å². The van der Waals surface area contributed by atoms with Gasteiger partial charge in [-0.3, -0.25) is 4.79 Å². The highest BCUT2D eigenvalue weighted by Gasteiger charge is 2.22. The second-order valence-corrected chi connectivity index (χ2v) is 7.99. The number of aryl methyl sites for hydroxylation is 1. The number of hydrogen-bond acceptors (Lipinski definition) is 4. The average molecular weight is 410 g/mol. The summed E-state index contributed by atoms with van der Waals surface area (Å²) in [6.45, 7) is 2.50. The summed E-state index contributed by atoms with van der Waals surface area (Å²) >= 11 is 3.34. The van der Waals surface area contributed by atoms with Crippen molar-refractivity contribution in [2.45, 2.75) is 24.7 Å². The Hall–Kier alpha value is -1.86. The van der Waals surface area contributed by atoms with Gasteiger partial charge in [-0.1, -0.05) is 15.9 Å². The first-order chi connectivity index (χ1) is 11.4. The van der Waals surface area contributed by atoms with E-state index < -0.39 is 10.1 Å². The molecule has 2 aromatic rings. The Balaban J connectivity index is 1.80. The highest BCUT2D eigenvalue weighted by Crippen LogP contribution is 2.26. The summed E-state index contributed by atoms with van der Waals surface area (Å²) in [4.78, 5) is 13.5. The number of anilines is 1. The molecule has 3 rings (SSSR count). The maximum Gasteiger partial charge on any atom is 0.339 e. The van der Waals surface area contributed by atoms with Gasteiger partial charge in [-0.15, -0.1) is 0 Å². The third-order valence-electron chi connectivity index (χ3n) is 3.85. The Bertz CT molecular complexity index is 878. The van der Waals surface area contributed by atoms with Gasteiger partial charge < -0.3 is 9.08 Å². The van der Waals surface area contributed by atoms with Crippen LogP contribution in [0.1, 0.15) is 18.4 Å². The molecule has 24 heavy (non-hydrogen) atoms. The van der Waals surface area contributed by atoms with Crippen molar-refractivity contribution in [3.05, 3.63) is 52.5 Å². The lowest BCUT2D eigenvalue weighted by Gasteiger charge is -2.16. The summed E-state index contributed by atoms with van der Waals surface area (Å²) in [6.07, 6.45) is 1.39. The molecule has 0 atom stereocenters. The number of benzene rings is 2. The Morgan fingerprint density at radius 3 is 2.42 bits per heavy atom. The highest BCUT2D eigenvalue weighted by molar-refractivity contribution is 9.10. The molecule has 7 heteroatoms. The predicted octanol–water partition coefficient (Wildman–Crippen LogP) is 3.65. The number of rotatable bonds is 4. The second-order valence-electron chi connectivity index (χ2n) is 5.59. The lowest BCUT2D eigenvalue weighted by Crippen LogP contribution is -2.23. The van der Waals surface area contributed by atoms with Crippen LogP contribution in [0.2, 0.25) is 0 Å². The summed E-state index contributed by atoms with van der Waals surface area (Å²) in [5.74, 6) is 0.299. The Morgan fingerprint density at radius 2 is 1.83 bits per heavy atom. The third kappa shape index (κ3) is 3.47. The number of carbonyl (C=O) groups excluding carboxylic acids is 1. The zero-order chi connectivity index (χ0) is 17.3. The molecule has 1 saturated heterocycles. The van der Waals surface area contributed by atoms with Gasteiger partial charge in [0.25, 0.3) is 0 Å². The third-order valence-corrected chi connectivity index (χ3v) is 5.98. The Kier molecular flexibility index (Phi) is 4.64. The Labute approximate surface area is 149 Å². The van der Waals surface area contributed by atoms with Gasteiger partial charge in [0.15, 0.2) is 0 Å². The molecular weight excluding hydrogens is 394 g/mol. The zero-order valence-electron chi connectivity index (χ0n) is 13.0. The van der Waals surface area contributed by atoms with Crippen molar-refractivity contribution in [2.24, 2.45) is 0 Å². The zero-order valence-corrected chi connectivity index (χ0v) is 15.4. The Morgan fingerprint density at radius 1 is 1.12 bits per heavy atom. The molecule has 0 radical (unpaired) electrons. The molecule has 2 aromatic carbocycles. The van der Waals surface area contributed by atoms with Crippen molar-refractivity contribution in [1.82, 2.24) is 0 Å². The van der Waals surface area contributed by atoms with Crippen molar-refractivity contribution in [1.29, 1.82) is 0 Å². The number of halogens is 1. The van der Waals surface area contributed by atoms with Gasteiger partial charge in [0.1, 0.15) is 10.6 Å². The minimum absolute atomic E-state index is 0.0848. The summed E-state index contributed by atoms with van der Waals surface area (Å²) in [5.41, 5.74) is 1.56. The molecule has 0 aliphatic carbocycles. The predicted molar refractivity (Wildman–Crippen MR) is 94.7 cm³/mol. The first-order valence-corrected chi connectivity index (χ1v) is 9.68. The highest BCUT2D eigenvalue weighted by atomic mass is 79.9. The molecule has 1 fully saturated rings. The van der Waals surface area contributed by atoms with E-state index in [-0.39, 0.29) is 16.6 Å². The molecule has 0 spiro atoms. The van der Waals surface area contributed by atoms with Crippen molar-refractivity contribution in [3.63, 3.8) is 0 Å². The molecule has 0 aromatic heterocycles. The molecule has 1 aliphatic rings.